The molecule has 1 aliphatic rings. The van der Waals surface area contributed by atoms with Gasteiger partial charge in [-0.1, -0.05) is 207 Å². The van der Waals surface area contributed by atoms with E-state index in [1.54, 1.807) is 0 Å². The number of hydrogen-bond acceptors (Lipinski definition) is 3. The fraction of sp³-hybridized carbons (Fsp3) is 0.911. The molecule has 0 saturated carbocycles. The van der Waals surface area contributed by atoms with Crippen LogP contribution in [0.25, 0.3) is 0 Å². The van der Waals surface area contributed by atoms with Crippen LogP contribution < -0.4 is 0 Å². The number of cyclic esters (lactones) is 2. The summed E-state index contributed by atoms with van der Waals surface area (Å²) in [6, 6.07) is 0. The summed E-state index contributed by atoms with van der Waals surface area (Å²) in [4.78, 5) is 24.5. The molecule has 0 radical (unpaired) electrons. The van der Waals surface area contributed by atoms with Gasteiger partial charge in [0, 0.05) is 0 Å². The van der Waals surface area contributed by atoms with Crippen LogP contribution in [0.4, 0.5) is 0 Å². The zero-order valence-electron chi connectivity index (χ0n) is 33.2. The first kappa shape index (κ1) is 44.9. The summed E-state index contributed by atoms with van der Waals surface area (Å²) in [6.45, 7) is 11.7. The standard InChI is InChI=1S/C45H84O3/c1-6-10-14-18-22-26-30-39(5)34-40(31-27-23-19-15-11-7-2)35-41(32-28-24-20-16-12-8-3)36-42(33-29-25-21-17-13-9-4)37-43-38-44(46)48-45(43)47/h33,39-41,43H,6-32,34-38H2,1-5H3/b42-33-. The quantitative estimate of drug-likeness (QED) is 0.0291. The fourth-order valence-corrected chi connectivity index (χ4v) is 8.16. The Hall–Kier alpha value is -1.12. The zero-order valence-corrected chi connectivity index (χ0v) is 33.2. The van der Waals surface area contributed by atoms with Gasteiger partial charge in [0.05, 0.1) is 12.3 Å². The van der Waals surface area contributed by atoms with Gasteiger partial charge < -0.3 is 4.74 Å². The highest BCUT2D eigenvalue weighted by Crippen LogP contribution is 2.36. The van der Waals surface area contributed by atoms with Crippen molar-refractivity contribution >= 4 is 11.9 Å². The van der Waals surface area contributed by atoms with Crippen LogP contribution >= 0.6 is 0 Å². The molecule has 1 fully saturated rings. The van der Waals surface area contributed by atoms with Crippen LogP contribution in [0.1, 0.15) is 240 Å². The van der Waals surface area contributed by atoms with Gasteiger partial charge >= 0.3 is 11.9 Å². The average molecular weight is 673 g/mol. The Morgan fingerprint density at radius 2 is 1.06 bits per heavy atom. The molecule has 1 aliphatic heterocycles. The van der Waals surface area contributed by atoms with Crippen molar-refractivity contribution in [3.8, 4) is 0 Å². The Bertz CT molecular complexity index is 785. The molecule has 3 nitrogen and oxygen atoms in total. The van der Waals surface area contributed by atoms with Gasteiger partial charge in [-0.3, -0.25) is 9.59 Å². The van der Waals surface area contributed by atoms with Gasteiger partial charge in [0.2, 0.25) is 0 Å². The van der Waals surface area contributed by atoms with Gasteiger partial charge in [0.25, 0.3) is 0 Å². The number of allylic oxidation sites excluding steroid dienone is 2. The maximum Gasteiger partial charge on any atom is 0.317 e. The molecule has 0 N–H and O–H groups in total. The van der Waals surface area contributed by atoms with Gasteiger partial charge in [-0.05, 0) is 56.3 Å². The molecule has 0 bridgehead atoms. The molecule has 1 saturated heterocycles. The Morgan fingerprint density at radius 3 is 1.56 bits per heavy atom. The van der Waals surface area contributed by atoms with Crippen LogP contribution in [0.5, 0.6) is 0 Å². The molecule has 48 heavy (non-hydrogen) atoms. The average Bonchev–Trinajstić information content (AvgIpc) is 3.38. The third kappa shape index (κ3) is 24.9. The fourth-order valence-electron chi connectivity index (χ4n) is 8.16. The minimum absolute atomic E-state index is 0.269. The van der Waals surface area contributed by atoms with Crippen molar-refractivity contribution < 1.29 is 14.3 Å². The number of esters is 2. The predicted octanol–water partition coefficient (Wildman–Crippen LogP) is 15.0. The van der Waals surface area contributed by atoms with Gasteiger partial charge in [0.15, 0.2) is 0 Å². The van der Waals surface area contributed by atoms with E-state index in [-0.39, 0.29) is 24.3 Å². The monoisotopic (exact) mass is 673 g/mol. The van der Waals surface area contributed by atoms with E-state index in [0.29, 0.717) is 5.92 Å². The SMILES string of the molecule is CCCCCCC/C=C(/CC(CCCCCCCC)CC(CCCCCCCC)CC(C)CCCCCCCC)CC1CC(=O)OC1=O. The minimum Gasteiger partial charge on any atom is -0.393 e. The zero-order chi connectivity index (χ0) is 35.1. The van der Waals surface area contributed by atoms with Crippen LogP contribution in [0.2, 0.25) is 0 Å². The van der Waals surface area contributed by atoms with Gasteiger partial charge in [0.1, 0.15) is 0 Å². The van der Waals surface area contributed by atoms with Crippen molar-refractivity contribution in [3.05, 3.63) is 11.6 Å². The highest BCUT2D eigenvalue weighted by Gasteiger charge is 2.34. The first-order valence-electron chi connectivity index (χ1n) is 21.9. The van der Waals surface area contributed by atoms with Crippen LogP contribution in [0, 0.1) is 23.7 Å². The lowest BCUT2D eigenvalue weighted by Gasteiger charge is -2.28. The molecule has 4 atom stereocenters. The molecule has 1 rings (SSSR count). The number of rotatable bonds is 35. The summed E-state index contributed by atoms with van der Waals surface area (Å²) >= 11 is 0. The van der Waals surface area contributed by atoms with Crippen LogP contribution in [-0.4, -0.2) is 11.9 Å². The largest absolute Gasteiger partial charge is 0.393 e. The molecule has 282 valence electrons. The van der Waals surface area contributed by atoms with E-state index >= 15 is 0 Å². The Labute approximate surface area is 301 Å². The van der Waals surface area contributed by atoms with E-state index in [4.69, 9.17) is 4.74 Å². The first-order valence-corrected chi connectivity index (χ1v) is 21.9. The minimum atomic E-state index is -0.328. The lowest BCUT2D eigenvalue weighted by Crippen LogP contribution is -2.15. The Balaban J connectivity index is 3.01. The van der Waals surface area contributed by atoms with E-state index < -0.39 is 0 Å². The molecular weight excluding hydrogens is 588 g/mol. The second-order valence-corrected chi connectivity index (χ2v) is 16.1. The smallest absolute Gasteiger partial charge is 0.317 e. The van der Waals surface area contributed by atoms with Crippen molar-refractivity contribution in [2.75, 3.05) is 0 Å². The molecule has 4 unspecified atom stereocenters. The maximum atomic E-state index is 12.6. The number of ether oxygens (including phenoxy) is 1. The summed E-state index contributed by atoms with van der Waals surface area (Å²) in [7, 11) is 0. The summed E-state index contributed by atoms with van der Waals surface area (Å²) < 4.78 is 5.00. The maximum absolute atomic E-state index is 12.6. The van der Waals surface area contributed by atoms with E-state index in [0.717, 1.165) is 31.1 Å². The molecular formula is C45H84O3. The summed E-state index contributed by atoms with van der Waals surface area (Å²) in [5, 5.41) is 0. The van der Waals surface area contributed by atoms with Crippen molar-refractivity contribution in [2.24, 2.45) is 23.7 Å². The van der Waals surface area contributed by atoms with Gasteiger partial charge in [-0.2, -0.15) is 0 Å². The number of hydrogen-bond donors (Lipinski definition) is 0. The first-order chi connectivity index (χ1) is 23.4. The second kappa shape index (κ2) is 31.8. The normalized spacial score (nSPS) is 17.2. The third-order valence-corrected chi connectivity index (χ3v) is 11.1. The van der Waals surface area contributed by atoms with Crippen molar-refractivity contribution in [2.45, 2.75) is 240 Å². The van der Waals surface area contributed by atoms with E-state index in [9.17, 15) is 9.59 Å². The molecule has 0 amide bonds. The summed E-state index contributed by atoms with van der Waals surface area (Å²) in [5.41, 5.74) is 1.44. The van der Waals surface area contributed by atoms with E-state index in [1.165, 1.54) is 185 Å². The number of carbonyl (C=O) groups is 2. The molecule has 0 spiro atoms. The van der Waals surface area contributed by atoms with E-state index in [1.807, 2.05) is 0 Å². The summed E-state index contributed by atoms with van der Waals surface area (Å²) in [5.74, 6) is 1.42. The Morgan fingerprint density at radius 1 is 0.604 bits per heavy atom. The molecule has 0 aromatic carbocycles. The lowest BCUT2D eigenvalue weighted by molar-refractivity contribution is -0.153. The molecule has 0 aliphatic carbocycles. The predicted molar refractivity (Wildman–Crippen MR) is 209 cm³/mol. The van der Waals surface area contributed by atoms with Crippen molar-refractivity contribution in [1.82, 2.24) is 0 Å². The lowest BCUT2D eigenvalue weighted by atomic mass is 9.78. The molecule has 0 aromatic rings. The van der Waals surface area contributed by atoms with Crippen LogP contribution in [-0.2, 0) is 14.3 Å². The number of carbonyl (C=O) groups excluding carboxylic acids is 2. The Kier molecular flexibility index (Phi) is 29.8. The summed E-state index contributed by atoms with van der Waals surface area (Å²) in [6.07, 6.45) is 43.7. The highest BCUT2D eigenvalue weighted by molar-refractivity contribution is 5.94. The van der Waals surface area contributed by atoms with Gasteiger partial charge in [-0.15, -0.1) is 0 Å². The van der Waals surface area contributed by atoms with E-state index in [2.05, 4.69) is 40.7 Å². The van der Waals surface area contributed by atoms with Crippen molar-refractivity contribution in [3.63, 3.8) is 0 Å². The third-order valence-electron chi connectivity index (χ3n) is 11.1. The topological polar surface area (TPSA) is 43.4 Å². The number of unbranched alkanes of at least 4 members (excludes halogenated alkanes) is 20. The molecule has 1 heterocycles. The van der Waals surface area contributed by atoms with Crippen LogP contribution in [0.15, 0.2) is 11.6 Å². The van der Waals surface area contributed by atoms with Crippen LogP contribution in [0.3, 0.4) is 0 Å². The molecule has 3 heteroatoms. The van der Waals surface area contributed by atoms with Gasteiger partial charge in [-0.25, -0.2) is 0 Å². The highest BCUT2D eigenvalue weighted by atomic mass is 16.6. The molecule has 0 aromatic heterocycles. The second-order valence-electron chi connectivity index (χ2n) is 16.1. The van der Waals surface area contributed by atoms with Crippen molar-refractivity contribution in [1.29, 1.82) is 0 Å².